The molecule has 1 aliphatic heterocycles. The van der Waals surface area contributed by atoms with Crippen LogP contribution in [-0.4, -0.2) is 21.3 Å². The second kappa shape index (κ2) is 4.31. The first-order chi connectivity index (χ1) is 7.22. The van der Waals surface area contributed by atoms with Crippen LogP contribution in [0, 0.1) is 5.92 Å². The van der Waals surface area contributed by atoms with Gasteiger partial charge < -0.3 is 10.3 Å². The Balaban J connectivity index is 2.20. The lowest BCUT2D eigenvalue weighted by Gasteiger charge is -2.21. The maximum absolute atomic E-state index is 5.58. The van der Waals surface area contributed by atoms with Gasteiger partial charge in [0.2, 0.25) is 0 Å². The van der Waals surface area contributed by atoms with Crippen LogP contribution in [0.4, 0.5) is 0 Å². The summed E-state index contributed by atoms with van der Waals surface area (Å²) in [4.78, 5) is 0. The largest absolute Gasteiger partial charge is 0.330 e. The molecule has 2 N–H and O–H groups in total. The van der Waals surface area contributed by atoms with Crippen molar-refractivity contribution >= 4 is 0 Å². The van der Waals surface area contributed by atoms with Crippen molar-refractivity contribution in [3.8, 4) is 0 Å². The number of rotatable bonds is 3. The van der Waals surface area contributed by atoms with Gasteiger partial charge in [0.05, 0.1) is 0 Å². The van der Waals surface area contributed by atoms with Crippen molar-refractivity contribution in [2.24, 2.45) is 11.7 Å². The van der Waals surface area contributed by atoms with Crippen LogP contribution in [0.1, 0.15) is 44.3 Å². The number of fused-ring (bicyclic) bond motifs is 1. The highest BCUT2D eigenvalue weighted by Crippen LogP contribution is 2.24. The van der Waals surface area contributed by atoms with E-state index in [9.17, 15) is 0 Å². The van der Waals surface area contributed by atoms with E-state index in [0.29, 0.717) is 5.92 Å². The number of nitrogens with zero attached hydrogens (tertiary/aromatic N) is 3. The molecule has 0 saturated carbocycles. The Kier molecular flexibility index (Phi) is 3.05. The molecule has 2 rings (SSSR count). The van der Waals surface area contributed by atoms with Gasteiger partial charge in [0.1, 0.15) is 11.6 Å². The predicted octanol–water partition coefficient (Wildman–Crippen LogP) is 1.31. The molecule has 2 heterocycles. The van der Waals surface area contributed by atoms with Crippen molar-refractivity contribution in [1.29, 1.82) is 0 Å². The van der Waals surface area contributed by atoms with Crippen molar-refractivity contribution in [2.75, 3.05) is 6.54 Å². The molecule has 0 amide bonds. The third kappa shape index (κ3) is 2.04. The van der Waals surface area contributed by atoms with Crippen molar-refractivity contribution in [3.63, 3.8) is 0 Å². The monoisotopic (exact) mass is 208 g/mol. The molecule has 4 nitrogen and oxygen atoms in total. The quantitative estimate of drug-likeness (QED) is 0.815. The van der Waals surface area contributed by atoms with Crippen molar-refractivity contribution < 1.29 is 0 Å². The summed E-state index contributed by atoms with van der Waals surface area (Å²) in [5.74, 6) is 3.47. The fourth-order valence-electron chi connectivity index (χ4n) is 2.25. The van der Waals surface area contributed by atoms with Crippen LogP contribution >= 0.6 is 0 Å². The van der Waals surface area contributed by atoms with E-state index in [1.807, 2.05) is 0 Å². The Morgan fingerprint density at radius 1 is 1.53 bits per heavy atom. The fourth-order valence-corrected chi connectivity index (χ4v) is 2.25. The van der Waals surface area contributed by atoms with Crippen molar-refractivity contribution in [2.45, 2.75) is 45.6 Å². The third-order valence-corrected chi connectivity index (χ3v) is 3.27. The van der Waals surface area contributed by atoms with Crippen LogP contribution in [0.3, 0.4) is 0 Å². The summed E-state index contributed by atoms with van der Waals surface area (Å²) in [5.41, 5.74) is 5.58. The van der Waals surface area contributed by atoms with E-state index in [2.05, 4.69) is 28.6 Å². The van der Waals surface area contributed by atoms with Crippen LogP contribution < -0.4 is 5.73 Å². The van der Waals surface area contributed by atoms with E-state index in [1.54, 1.807) is 0 Å². The molecule has 0 aromatic carbocycles. The molecule has 84 valence electrons. The topological polar surface area (TPSA) is 56.7 Å². The van der Waals surface area contributed by atoms with Gasteiger partial charge in [-0.05, 0) is 25.3 Å². The molecular weight excluding hydrogens is 188 g/mol. The minimum atomic E-state index is 0.435. The normalized spacial score (nSPS) is 22.5. The van der Waals surface area contributed by atoms with Gasteiger partial charge in [-0.15, -0.1) is 10.2 Å². The van der Waals surface area contributed by atoms with E-state index >= 15 is 0 Å². The van der Waals surface area contributed by atoms with E-state index in [1.165, 1.54) is 6.42 Å². The lowest BCUT2D eigenvalue weighted by atomic mass is 9.99. The average molecular weight is 208 g/mol. The molecule has 2 atom stereocenters. The maximum atomic E-state index is 5.58. The van der Waals surface area contributed by atoms with Gasteiger partial charge in [0.15, 0.2) is 0 Å². The van der Waals surface area contributed by atoms with Gasteiger partial charge in [-0.1, -0.05) is 13.8 Å². The molecular formula is C11H20N4. The maximum Gasteiger partial charge on any atom is 0.135 e. The molecule has 0 fully saturated rings. The van der Waals surface area contributed by atoms with Crippen LogP contribution in [0.5, 0.6) is 0 Å². The molecule has 1 aromatic rings. The van der Waals surface area contributed by atoms with Gasteiger partial charge >= 0.3 is 0 Å². The third-order valence-electron chi connectivity index (χ3n) is 3.27. The van der Waals surface area contributed by atoms with E-state index in [-0.39, 0.29) is 0 Å². The number of nitrogens with two attached hydrogens (primary N) is 1. The smallest absolute Gasteiger partial charge is 0.135 e. The van der Waals surface area contributed by atoms with Crippen LogP contribution in [0.2, 0.25) is 0 Å². The minimum Gasteiger partial charge on any atom is -0.330 e. The van der Waals surface area contributed by atoms with Gasteiger partial charge in [-0.2, -0.15) is 0 Å². The van der Waals surface area contributed by atoms with Crippen LogP contribution in [-0.2, 0) is 13.0 Å². The molecule has 0 spiro atoms. The fraction of sp³-hybridized carbons (Fsp3) is 0.818. The zero-order valence-electron chi connectivity index (χ0n) is 9.61. The van der Waals surface area contributed by atoms with E-state index in [4.69, 9.17) is 5.73 Å². The van der Waals surface area contributed by atoms with E-state index in [0.717, 1.165) is 43.5 Å². The zero-order chi connectivity index (χ0) is 10.8. The Bertz CT molecular complexity index is 331. The average Bonchev–Trinajstić information content (AvgIpc) is 2.60. The minimum absolute atomic E-state index is 0.435. The van der Waals surface area contributed by atoms with Gasteiger partial charge in [-0.3, -0.25) is 0 Å². The first kappa shape index (κ1) is 10.6. The molecule has 0 saturated heterocycles. The zero-order valence-corrected chi connectivity index (χ0v) is 9.61. The van der Waals surface area contributed by atoms with Crippen LogP contribution in [0.15, 0.2) is 0 Å². The highest BCUT2D eigenvalue weighted by atomic mass is 15.3. The summed E-state index contributed by atoms with van der Waals surface area (Å²) in [6.07, 6.45) is 3.31. The second-order valence-electron chi connectivity index (χ2n) is 4.70. The summed E-state index contributed by atoms with van der Waals surface area (Å²) in [6.45, 7) is 6.26. The summed E-state index contributed by atoms with van der Waals surface area (Å²) in [7, 11) is 0. The summed E-state index contributed by atoms with van der Waals surface area (Å²) >= 11 is 0. The van der Waals surface area contributed by atoms with Crippen molar-refractivity contribution in [3.05, 3.63) is 11.6 Å². The summed E-state index contributed by atoms with van der Waals surface area (Å²) < 4.78 is 2.29. The highest BCUT2D eigenvalue weighted by Gasteiger charge is 2.22. The Hall–Kier alpha value is -0.900. The molecule has 4 heteroatoms. The first-order valence-corrected chi connectivity index (χ1v) is 5.84. The molecule has 1 aromatic heterocycles. The second-order valence-corrected chi connectivity index (χ2v) is 4.70. The number of hydrogen-bond acceptors (Lipinski definition) is 3. The Morgan fingerprint density at radius 2 is 2.33 bits per heavy atom. The molecule has 1 aliphatic rings. The molecule has 2 unspecified atom stereocenters. The summed E-state index contributed by atoms with van der Waals surface area (Å²) in [6, 6.07) is 0. The lowest BCUT2D eigenvalue weighted by molar-refractivity contribution is 0.397. The number of aromatic nitrogens is 3. The van der Waals surface area contributed by atoms with Gasteiger partial charge in [0, 0.05) is 18.9 Å². The van der Waals surface area contributed by atoms with Crippen molar-refractivity contribution in [1.82, 2.24) is 14.8 Å². The molecule has 0 radical (unpaired) electrons. The predicted molar refractivity (Wildman–Crippen MR) is 59.6 cm³/mol. The number of hydrogen-bond donors (Lipinski definition) is 1. The highest BCUT2D eigenvalue weighted by molar-refractivity contribution is 5.04. The van der Waals surface area contributed by atoms with Gasteiger partial charge in [0.25, 0.3) is 0 Å². The Morgan fingerprint density at radius 3 is 3.07 bits per heavy atom. The van der Waals surface area contributed by atoms with Crippen LogP contribution in [0.25, 0.3) is 0 Å². The SMILES string of the molecule is CC1CCn2c(nnc2C(C)CCN)C1. The standard InChI is InChI=1S/C11H20N4/c1-8-4-6-15-10(7-8)13-14-11(15)9(2)3-5-12/h8-9H,3-7,12H2,1-2H3. The Labute approximate surface area is 90.9 Å². The molecule has 0 bridgehead atoms. The van der Waals surface area contributed by atoms with Gasteiger partial charge in [-0.25, -0.2) is 0 Å². The van der Waals surface area contributed by atoms with E-state index < -0.39 is 0 Å². The molecule has 0 aliphatic carbocycles. The lowest BCUT2D eigenvalue weighted by Crippen LogP contribution is -2.20. The first-order valence-electron chi connectivity index (χ1n) is 5.84. The summed E-state index contributed by atoms with van der Waals surface area (Å²) in [5, 5.41) is 8.59. The molecule has 15 heavy (non-hydrogen) atoms.